The Kier molecular flexibility index (Phi) is 1.09. The van der Waals surface area contributed by atoms with Crippen molar-refractivity contribution in [2.45, 2.75) is 25.7 Å². The summed E-state index contributed by atoms with van der Waals surface area (Å²) in [5, 5.41) is 1.21. The van der Waals surface area contributed by atoms with Crippen molar-refractivity contribution in [3.8, 4) is 0 Å². The minimum absolute atomic E-state index is 0.885. The van der Waals surface area contributed by atoms with Crippen LogP contribution in [0.15, 0.2) is 6.20 Å². The first-order valence-corrected chi connectivity index (χ1v) is 4.10. The maximum Gasteiger partial charge on any atom is 0.0896 e. The van der Waals surface area contributed by atoms with Gasteiger partial charge >= 0.3 is 0 Å². The van der Waals surface area contributed by atoms with Crippen molar-refractivity contribution in [3.05, 3.63) is 16.1 Å². The lowest BCUT2D eigenvalue weighted by Crippen LogP contribution is -1.64. The second-order valence-corrected chi connectivity index (χ2v) is 3.82. The summed E-state index contributed by atoms with van der Waals surface area (Å²) >= 11 is 1.85. The normalized spacial score (nSPS) is 18.3. The van der Waals surface area contributed by atoms with Gasteiger partial charge in [-0.1, -0.05) is 0 Å². The molecule has 0 radical (unpaired) electrons. The Hall–Kier alpha value is -0.370. The van der Waals surface area contributed by atoms with Gasteiger partial charge in [0.15, 0.2) is 0 Å². The zero-order valence-corrected chi connectivity index (χ0v) is 6.24. The van der Waals surface area contributed by atoms with Gasteiger partial charge in [-0.3, -0.25) is 0 Å². The van der Waals surface area contributed by atoms with E-state index in [4.69, 9.17) is 0 Å². The van der Waals surface area contributed by atoms with Gasteiger partial charge < -0.3 is 0 Å². The highest BCUT2D eigenvalue weighted by Crippen LogP contribution is 2.42. The van der Waals surface area contributed by atoms with Crippen molar-refractivity contribution in [3.63, 3.8) is 0 Å². The molecule has 2 heteroatoms. The maximum absolute atomic E-state index is 4.20. The third-order valence-corrected chi connectivity index (χ3v) is 2.69. The zero-order chi connectivity index (χ0) is 6.27. The summed E-state index contributed by atoms with van der Waals surface area (Å²) in [4.78, 5) is 5.69. The highest BCUT2D eigenvalue weighted by Gasteiger charge is 2.24. The van der Waals surface area contributed by atoms with Crippen molar-refractivity contribution in [1.29, 1.82) is 0 Å². The fraction of sp³-hybridized carbons (Fsp3) is 0.571. The SMILES string of the molecule is Cc1ncc(C2CC2)s1. The first-order chi connectivity index (χ1) is 4.36. The molecule has 48 valence electrons. The summed E-state index contributed by atoms with van der Waals surface area (Å²) in [7, 11) is 0. The largest absolute Gasteiger partial charge is 0.250 e. The molecule has 0 unspecified atom stereocenters. The predicted molar refractivity (Wildman–Crippen MR) is 38.8 cm³/mol. The van der Waals surface area contributed by atoms with Crippen molar-refractivity contribution >= 4 is 11.3 Å². The van der Waals surface area contributed by atoms with Crippen molar-refractivity contribution in [2.75, 3.05) is 0 Å². The van der Waals surface area contributed by atoms with Crippen LogP contribution in [0, 0.1) is 6.92 Å². The number of thiazole rings is 1. The molecule has 0 atom stereocenters. The van der Waals surface area contributed by atoms with Crippen LogP contribution >= 0.6 is 11.3 Å². The summed E-state index contributed by atoms with van der Waals surface area (Å²) in [6, 6.07) is 0. The van der Waals surface area contributed by atoms with E-state index in [1.54, 1.807) is 0 Å². The standard InChI is InChI=1S/C7H9NS/c1-5-8-4-7(9-5)6-2-3-6/h4,6H,2-3H2,1H3. The van der Waals surface area contributed by atoms with Crippen LogP contribution < -0.4 is 0 Å². The quantitative estimate of drug-likeness (QED) is 0.582. The molecule has 1 heterocycles. The second-order valence-electron chi connectivity index (χ2n) is 2.56. The molecule has 1 nitrogen and oxygen atoms in total. The van der Waals surface area contributed by atoms with E-state index in [2.05, 4.69) is 11.9 Å². The van der Waals surface area contributed by atoms with E-state index in [0.29, 0.717) is 0 Å². The summed E-state index contributed by atoms with van der Waals surface area (Å²) in [5.74, 6) is 0.885. The fourth-order valence-corrected chi connectivity index (χ4v) is 1.89. The average Bonchev–Trinajstić information content (AvgIpc) is 2.58. The maximum atomic E-state index is 4.20. The van der Waals surface area contributed by atoms with Gasteiger partial charge in [0.2, 0.25) is 0 Å². The highest BCUT2D eigenvalue weighted by molar-refractivity contribution is 7.11. The van der Waals surface area contributed by atoms with Gasteiger partial charge in [-0.15, -0.1) is 11.3 Å². The van der Waals surface area contributed by atoms with E-state index in [1.165, 1.54) is 22.7 Å². The van der Waals surface area contributed by atoms with Gasteiger partial charge in [0.1, 0.15) is 0 Å². The van der Waals surface area contributed by atoms with Gasteiger partial charge in [-0.25, -0.2) is 4.98 Å². The van der Waals surface area contributed by atoms with E-state index < -0.39 is 0 Å². The second kappa shape index (κ2) is 1.81. The van der Waals surface area contributed by atoms with Gasteiger partial charge in [0.05, 0.1) is 5.01 Å². The Balaban J connectivity index is 2.28. The van der Waals surface area contributed by atoms with E-state index in [9.17, 15) is 0 Å². The van der Waals surface area contributed by atoms with Gasteiger partial charge in [0, 0.05) is 11.1 Å². The van der Waals surface area contributed by atoms with E-state index in [1.807, 2.05) is 17.5 Å². The average molecular weight is 139 g/mol. The van der Waals surface area contributed by atoms with Gasteiger partial charge in [-0.05, 0) is 25.7 Å². The molecule has 1 aromatic rings. The Labute approximate surface area is 58.7 Å². The molecular weight excluding hydrogens is 130 g/mol. The van der Waals surface area contributed by atoms with Crippen LogP contribution in [0.2, 0.25) is 0 Å². The Bertz CT molecular complexity index is 212. The number of nitrogens with zero attached hydrogens (tertiary/aromatic N) is 1. The number of rotatable bonds is 1. The van der Waals surface area contributed by atoms with Crippen LogP contribution in [0.4, 0.5) is 0 Å². The molecule has 2 rings (SSSR count). The predicted octanol–water partition coefficient (Wildman–Crippen LogP) is 2.33. The molecule has 1 aromatic heterocycles. The van der Waals surface area contributed by atoms with Crippen molar-refractivity contribution in [1.82, 2.24) is 4.98 Å². The Morgan fingerprint density at radius 3 is 2.89 bits per heavy atom. The van der Waals surface area contributed by atoms with E-state index in [0.717, 1.165) is 5.92 Å². The summed E-state index contributed by atoms with van der Waals surface area (Å²) < 4.78 is 0. The molecule has 1 aliphatic carbocycles. The van der Waals surface area contributed by atoms with Gasteiger partial charge in [0.25, 0.3) is 0 Å². The fourth-order valence-electron chi connectivity index (χ4n) is 0.934. The lowest BCUT2D eigenvalue weighted by Gasteiger charge is -1.81. The number of hydrogen-bond acceptors (Lipinski definition) is 2. The lowest BCUT2D eigenvalue weighted by molar-refractivity contribution is 1.15. The topological polar surface area (TPSA) is 12.9 Å². The van der Waals surface area contributed by atoms with Crippen molar-refractivity contribution < 1.29 is 0 Å². The zero-order valence-electron chi connectivity index (χ0n) is 5.42. The highest BCUT2D eigenvalue weighted by atomic mass is 32.1. The smallest absolute Gasteiger partial charge is 0.0896 e. The summed E-state index contributed by atoms with van der Waals surface area (Å²) in [6.45, 7) is 2.07. The molecule has 0 amide bonds. The molecule has 0 saturated heterocycles. The minimum Gasteiger partial charge on any atom is -0.250 e. The summed E-state index contributed by atoms with van der Waals surface area (Å²) in [5.41, 5.74) is 0. The van der Waals surface area contributed by atoms with Crippen LogP contribution in [0.1, 0.15) is 28.6 Å². The molecule has 0 bridgehead atoms. The third-order valence-electron chi connectivity index (χ3n) is 1.62. The molecule has 0 aromatic carbocycles. The Morgan fingerprint density at radius 1 is 1.67 bits per heavy atom. The molecule has 1 aliphatic rings. The Morgan fingerprint density at radius 2 is 2.44 bits per heavy atom. The minimum atomic E-state index is 0.885. The lowest BCUT2D eigenvalue weighted by atomic mass is 10.4. The molecule has 1 saturated carbocycles. The molecule has 0 N–H and O–H groups in total. The molecule has 0 spiro atoms. The van der Waals surface area contributed by atoms with Crippen LogP contribution in [-0.2, 0) is 0 Å². The van der Waals surface area contributed by atoms with E-state index >= 15 is 0 Å². The molecular formula is C7H9NS. The van der Waals surface area contributed by atoms with Gasteiger partial charge in [-0.2, -0.15) is 0 Å². The van der Waals surface area contributed by atoms with Crippen LogP contribution in [-0.4, -0.2) is 4.98 Å². The van der Waals surface area contributed by atoms with E-state index in [-0.39, 0.29) is 0 Å². The summed E-state index contributed by atoms with van der Waals surface area (Å²) in [6.07, 6.45) is 4.81. The van der Waals surface area contributed by atoms with Crippen molar-refractivity contribution in [2.24, 2.45) is 0 Å². The molecule has 1 fully saturated rings. The van der Waals surface area contributed by atoms with Crippen LogP contribution in [0.5, 0.6) is 0 Å². The number of hydrogen-bond donors (Lipinski definition) is 0. The number of aryl methyl sites for hydroxylation is 1. The van der Waals surface area contributed by atoms with Crippen LogP contribution in [0.3, 0.4) is 0 Å². The first kappa shape index (κ1) is 5.42. The third kappa shape index (κ3) is 0.990. The van der Waals surface area contributed by atoms with Crippen LogP contribution in [0.25, 0.3) is 0 Å². The molecule has 0 aliphatic heterocycles. The first-order valence-electron chi connectivity index (χ1n) is 3.28. The number of aromatic nitrogens is 1. The monoisotopic (exact) mass is 139 g/mol. The molecule has 9 heavy (non-hydrogen) atoms.